The topological polar surface area (TPSA) is 69.7 Å². The minimum absolute atomic E-state index is 0.0426. The first-order valence-corrected chi connectivity index (χ1v) is 12.5. The van der Waals surface area contributed by atoms with E-state index in [2.05, 4.69) is 5.32 Å². The highest BCUT2D eigenvalue weighted by Crippen LogP contribution is 2.53. The Morgan fingerprint density at radius 3 is 2.36 bits per heavy atom. The van der Waals surface area contributed by atoms with Crippen molar-refractivity contribution in [1.29, 1.82) is 0 Å². The zero-order chi connectivity index (χ0) is 27.6. The third-order valence-electron chi connectivity index (χ3n) is 7.94. The van der Waals surface area contributed by atoms with Gasteiger partial charge in [0.05, 0.1) is 29.1 Å². The van der Waals surface area contributed by atoms with Crippen LogP contribution in [0.2, 0.25) is 0 Å². The molecule has 0 saturated carbocycles. The van der Waals surface area contributed by atoms with E-state index in [1.54, 1.807) is 23.2 Å². The van der Waals surface area contributed by atoms with Crippen molar-refractivity contribution in [2.24, 2.45) is 11.8 Å². The summed E-state index contributed by atoms with van der Waals surface area (Å²) in [6.07, 6.45) is -1.07. The maximum atomic E-state index is 13.9. The van der Waals surface area contributed by atoms with E-state index in [-0.39, 0.29) is 5.69 Å². The second kappa shape index (κ2) is 8.83. The van der Waals surface area contributed by atoms with Crippen LogP contribution in [-0.4, -0.2) is 28.7 Å². The van der Waals surface area contributed by atoms with Crippen LogP contribution in [0.25, 0.3) is 6.08 Å². The number of halogens is 3. The molecule has 9 heteroatoms. The number of fused-ring (bicyclic) bond motifs is 5. The lowest BCUT2D eigenvalue weighted by Gasteiger charge is -2.35. The van der Waals surface area contributed by atoms with Gasteiger partial charge in [-0.3, -0.25) is 14.4 Å². The van der Waals surface area contributed by atoms with E-state index in [0.29, 0.717) is 5.69 Å². The normalized spacial score (nSPS) is 23.5. The smallest absolute Gasteiger partial charge is 0.357 e. The second-order valence-corrected chi connectivity index (χ2v) is 10.2. The summed E-state index contributed by atoms with van der Waals surface area (Å²) in [5.41, 5.74) is 3.10. The van der Waals surface area contributed by atoms with Crippen LogP contribution in [0.5, 0.6) is 0 Å². The lowest BCUT2D eigenvalue weighted by molar-refractivity contribution is -0.137. The zero-order valence-electron chi connectivity index (χ0n) is 21.1. The Morgan fingerprint density at radius 1 is 0.872 bits per heavy atom. The van der Waals surface area contributed by atoms with Crippen molar-refractivity contribution < 1.29 is 27.6 Å². The van der Waals surface area contributed by atoms with Gasteiger partial charge in [-0.25, -0.2) is 4.90 Å². The minimum atomic E-state index is -4.58. The largest absolute Gasteiger partial charge is 0.416 e. The number of carbonyl (C=O) groups is 3. The van der Waals surface area contributed by atoms with Gasteiger partial charge in [-0.05, 0) is 72.5 Å². The van der Waals surface area contributed by atoms with E-state index in [9.17, 15) is 27.6 Å². The Kier molecular flexibility index (Phi) is 5.64. The summed E-state index contributed by atoms with van der Waals surface area (Å²) in [4.78, 5) is 44.5. The van der Waals surface area contributed by atoms with Crippen LogP contribution in [0.4, 0.5) is 24.5 Å². The van der Waals surface area contributed by atoms with Gasteiger partial charge in [-0.1, -0.05) is 36.4 Å². The molecule has 2 fully saturated rings. The molecular formula is C30H24F3N3O3. The Bertz CT molecular complexity index is 1560. The van der Waals surface area contributed by atoms with Gasteiger partial charge in [0.25, 0.3) is 0 Å². The van der Waals surface area contributed by atoms with Crippen LogP contribution < -0.4 is 10.2 Å². The molecular weight excluding hydrogens is 507 g/mol. The lowest BCUT2D eigenvalue weighted by Crippen LogP contribution is -2.46. The van der Waals surface area contributed by atoms with Crippen molar-refractivity contribution >= 4 is 35.2 Å². The first kappa shape index (κ1) is 24.9. The van der Waals surface area contributed by atoms with Gasteiger partial charge >= 0.3 is 6.18 Å². The third-order valence-corrected chi connectivity index (χ3v) is 7.94. The molecule has 0 aliphatic carbocycles. The molecule has 0 aromatic heterocycles. The van der Waals surface area contributed by atoms with E-state index in [0.717, 1.165) is 39.3 Å². The number of imide groups is 1. The molecule has 6 nitrogen and oxygen atoms in total. The highest BCUT2D eigenvalue weighted by Gasteiger charge is 2.64. The molecule has 3 aromatic rings. The Morgan fingerprint density at radius 2 is 1.62 bits per heavy atom. The van der Waals surface area contributed by atoms with Gasteiger partial charge in [0, 0.05) is 11.9 Å². The number of nitrogens with zero attached hydrogens (tertiary/aromatic N) is 2. The number of nitrogens with one attached hydrogen (secondary N) is 1. The summed E-state index contributed by atoms with van der Waals surface area (Å²) in [7, 11) is 0. The third kappa shape index (κ3) is 3.91. The van der Waals surface area contributed by atoms with Gasteiger partial charge in [-0.2, -0.15) is 13.2 Å². The number of hydrogen-bond acceptors (Lipinski definition) is 4. The van der Waals surface area contributed by atoms with Crippen molar-refractivity contribution in [3.63, 3.8) is 0 Å². The van der Waals surface area contributed by atoms with E-state index in [1.807, 2.05) is 50.3 Å². The van der Waals surface area contributed by atoms with E-state index < -0.39 is 53.4 Å². The number of amides is 3. The number of alkyl halides is 3. The molecule has 0 bridgehead atoms. The Balaban J connectivity index is 1.42. The van der Waals surface area contributed by atoms with Crippen LogP contribution in [0.3, 0.4) is 0 Å². The van der Waals surface area contributed by atoms with Crippen LogP contribution >= 0.6 is 0 Å². The highest BCUT2D eigenvalue weighted by molar-refractivity contribution is 6.24. The predicted octanol–water partition coefficient (Wildman–Crippen LogP) is 5.48. The van der Waals surface area contributed by atoms with E-state index in [4.69, 9.17) is 0 Å². The van der Waals surface area contributed by atoms with Gasteiger partial charge in [0.1, 0.15) is 6.04 Å². The lowest BCUT2D eigenvalue weighted by atomic mass is 9.84. The summed E-state index contributed by atoms with van der Waals surface area (Å²) in [6, 6.07) is 15.5. The van der Waals surface area contributed by atoms with Crippen molar-refractivity contribution in [3.05, 3.63) is 101 Å². The fourth-order valence-corrected chi connectivity index (χ4v) is 5.97. The predicted molar refractivity (Wildman–Crippen MR) is 139 cm³/mol. The minimum Gasteiger partial charge on any atom is -0.357 e. The molecule has 0 radical (unpaired) electrons. The number of aryl methyl sites for hydroxylation is 2. The molecule has 3 amide bonds. The molecule has 198 valence electrons. The van der Waals surface area contributed by atoms with Gasteiger partial charge < -0.3 is 10.2 Å². The number of benzene rings is 3. The first-order chi connectivity index (χ1) is 18.6. The summed E-state index contributed by atoms with van der Waals surface area (Å²) in [5.74, 6) is -3.42. The maximum Gasteiger partial charge on any atom is 0.416 e. The van der Waals surface area contributed by atoms with Crippen molar-refractivity contribution in [1.82, 2.24) is 4.90 Å². The summed E-state index contributed by atoms with van der Waals surface area (Å²) < 4.78 is 39.8. The van der Waals surface area contributed by atoms with Crippen molar-refractivity contribution in [2.45, 2.75) is 32.1 Å². The molecule has 39 heavy (non-hydrogen) atoms. The number of rotatable bonds is 3. The maximum absolute atomic E-state index is 13.9. The zero-order valence-corrected chi connectivity index (χ0v) is 21.1. The van der Waals surface area contributed by atoms with Gasteiger partial charge in [0.15, 0.2) is 0 Å². The fourth-order valence-electron chi connectivity index (χ4n) is 5.97. The summed E-state index contributed by atoms with van der Waals surface area (Å²) in [6.45, 7) is 3.82. The molecule has 4 atom stereocenters. The molecule has 1 N–H and O–H groups in total. The second-order valence-electron chi connectivity index (χ2n) is 10.2. The molecule has 3 aliphatic heterocycles. The monoisotopic (exact) mass is 531 g/mol. The van der Waals surface area contributed by atoms with E-state index >= 15 is 0 Å². The van der Waals surface area contributed by atoms with Crippen molar-refractivity contribution in [3.8, 4) is 0 Å². The van der Waals surface area contributed by atoms with Crippen LogP contribution in [0.1, 0.15) is 33.9 Å². The van der Waals surface area contributed by atoms with Crippen molar-refractivity contribution in [2.75, 3.05) is 10.2 Å². The molecule has 2 saturated heterocycles. The van der Waals surface area contributed by atoms with Gasteiger partial charge in [0.2, 0.25) is 17.7 Å². The molecule has 3 aromatic carbocycles. The summed E-state index contributed by atoms with van der Waals surface area (Å²) >= 11 is 0. The fraction of sp³-hybridized carbons (Fsp3) is 0.233. The van der Waals surface area contributed by atoms with Crippen LogP contribution in [0.15, 0.2) is 72.9 Å². The number of carbonyl (C=O) groups excluding carboxylic acids is 3. The van der Waals surface area contributed by atoms with Crippen LogP contribution in [-0.2, 0) is 20.6 Å². The van der Waals surface area contributed by atoms with Gasteiger partial charge in [-0.15, -0.1) is 0 Å². The SMILES string of the molecule is Cc1ccc(N2C(=O)C3C(C2=O)C2c4ccccc4C=CN2C3C(=O)Nc2cccc(C(F)(F)F)c2)cc1C. The molecule has 0 spiro atoms. The summed E-state index contributed by atoms with van der Waals surface area (Å²) in [5, 5.41) is 2.58. The molecule has 4 unspecified atom stereocenters. The molecule has 6 rings (SSSR count). The molecule has 3 heterocycles. The quantitative estimate of drug-likeness (QED) is 0.455. The van der Waals surface area contributed by atoms with Crippen LogP contribution in [0, 0.1) is 25.7 Å². The average Bonchev–Trinajstić information content (AvgIpc) is 3.38. The first-order valence-electron chi connectivity index (χ1n) is 12.5. The van der Waals surface area contributed by atoms with E-state index in [1.165, 1.54) is 12.1 Å². The highest BCUT2D eigenvalue weighted by atomic mass is 19.4. The average molecular weight is 532 g/mol. The Labute approximate surface area is 222 Å². The number of anilines is 2. The standard InChI is InChI=1S/C30H24F3N3O3/c1-16-10-11-21(14-17(16)2)36-28(38)23-24(29(36)39)26(35-13-12-18-6-3-4-9-22(18)25(23)35)27(37)34-20-8-5-7-19(15-20)30(31,32)33/h3-15,23-26H,1-2H3,(H,34,37). The number of hydrogen-bond donors (Lipinski definition) is 1. The Hall–Kier alpha value is -4.40. The molecule has 3 aliphatic rings.